The van der Waals surface area contributed by atoms with Gasteiger partial charge in [-0.1, -0.05) is 18.2 Å². The molecule has 0 spiro atoms. The Bertz CT molecular complexity index is 1290. The largest absolute Gasteiger partial charge is 0.456 e. The lowest BCUT2D eigenvalue weighted by molar-refractivity contribution is -0.143. The fraction of sp³-hybridized carbons (Fsp3) is 0.333. The van der Waals surface area contributed by atoms with Crippen LogP contribution in [0, 0.1) is 6.92 Å². The van der Waals surface area contributed by atoms with E-state index in [-0.39, 0.29) is 35.9 Å². The third-order valence-corrected chi connectivity index (χ3v) is 6.09. The summed E-state index contributed by atoms with van der Waals surface area (Å²) < 4.78 is 90.4. The lowest BCUT2D eigenvalue weighted by Crippen LogP contribution is -2.36. The SMILES string of the molecule is Cc1ccccc1Oc1cc(N2CCOCC2)ncc1C(=O)NCCc1cc(C(F)(F)F)cc(C(F)(F)F)c1. The standard InChI is InChI=1S/C27H25F6N3O3/c1-17-4-2-3-5-22(17)39-23-15-24(36-8-10-38-11-9-36)35-16-21(23)25(37)34-7-6-18-12-19(26(28,29)30)14-20(13-18)27(31,32)33/h2-5,12-16H,6-11H2,1H3,(H,34,37). The van der Waals surface area contributed by atoms with Crippen LogP contribution in [0.3, 0.4) is 0 Å². The Kier molecular flexibility index (Phi) is 8.34. The topological polar surface area (TPSA) is 63.7 Å². The lowest BCUT2D eigenvalue weighted by atomic mass is 10.0. The van der Waals surface area contributed by atoms with Gasteiger partial charge in [-0.2, -0.15) is 26.3 Å². The van der Waals surface area contributed by atoms with E-state index < -0.39 is 29.4 Å². The normalized spacial score (nSPS) is 14.3. The molecule has 1 aromatic heterocycles. The molecule has 2 heterocycles. The first-order valence-electron chi connectivity index (χ1n) is 12.0. The molecule has 0 bridgehead atoms. The number of nitrogens with one attached hydrogen (secondary N) is 1. The van der Waals surface area contributed by atoms with Gasteiger partial charge in [0.2, 0.25) is 0 Å². The Morgan fingerprint density at radius 3 is 2.23 bits per heavy atom. The molecule has 1 N–H and O–H groups in total. The highest BCUT2D eigenvalue weighted by Gasteiger charge is 2.36. The number of carbonyl (C=O) groups is 1. The number of hydrogen-bond donors (Lipinski definition) is 1. The molecule has 0 saturated carbocycles. The fourth-order valence-corrected chi connectivity index (χ4v) is 4.02. The summed E-state index contributed by atoms with van der Waals surface area (Å²) in [6.07, 6.45) is -8.82. The predicted octanol–water partition coefficient (Wildman–Crippen LogP) is 6.03. The second kappa shape index (κ2) is 11.5. The number of anilines is 1. The second-order valence-electron chi connectivity index (χ2n) is 8.93. The number of para-hydroxylation sites is 1. The first-order chi connectivity index (χ1) is 18.4. The van der Waals surface area contributed by atoms with E-state index in [2.05, 4.69) is 10.3 Å². The molecule has 1 amide bonds. The molecule has 4 rings (SSSR count). The van der Waals surface area contributed by atoms with Crippen molar-refractivity contribution in [2.75, 3.05) is 37.7 Å². The van der Waals surface area contributed by atoms with Crippen LogP contribution in [0.5, 0.6) is 11.5 Å². The molecule has 0 atom stereocenters. The monoisotopic (exact) mass is 553 g/mol. The first kappa shape index (κ1) is 28.2. The minimum absolute atomic E-state index is 0.0651. The Balaban J connectivity index is 1.54. The number of halogens is 6. The van der Waals surface area contributed by atoms with Gasteiger partial charge < -0.3 is 19.7 Å². The molecule has 3 aromatic rings. The van der Waals surface area contributed by atoms with Crippen LogP contribution in [0.1, 0.15) is 32.6 Å². The Morgan fingerprint density at radius 1 is 0.974 bits per heavy atom. The number of carbonyl (C=O) groups excluding carboxylic acids is 1. The van der Waals surface area contributed by atoms with E-state index >= 15 is 0 Å². The first-order valence-corrected chi connectivity index (χ1v) is 12.0. The van der Waals surface area contributed by atoms with Crippen molar-refractivity contribution in [3.05, 3.63) is 82.5 Å². The molecule has 12 heteroatoms. The Labute approximate surface area is 220 Å². The van der Waals surface area contributed by atoms with Gasteiger partial charge in [0.15, 0.2) is 0 Å². The van der Waals surface area contributed by atoms with Crippen LogP contribution >= 0.6 is 0 Å². The van der Waals surface area contributed by atoms with Crippen LogP contribution in [0.4, 0.5) is 32.2 Å². The van der Waals surface area contributed by atoms with Gasteiger partial charge in [0.1, 0.15) is 22.9 Å². The third kappa shape index (κ3) is 7.20. The number of pyridine rings is 1. The molecule has 39 heavy (non-hydrogen) atoms. The number of aromatic nitrogens is 1. The quantitative estimate of drug-likeness (QED) is 0.362. The van der Waals surface area contributed by atoms with Crippen LogP contribution < -0.4 is 15.0 Å². The zero-order valence-electron chi connectivity index (χ0n) is 20.8. The van der Waals surface area contributed by atoms with Crippen LogP contribution in [0.15, 0.2) is 54.7 Å². The van der Waals surface area contributed by atoms with E-state index in [1.165, 1.54) is 6.20 Å². The van der Waals surface area contributed by atoms with Crippen LogP contribution in [-0.4, -0.2) is 43.7 Å². The lowest BCUT2D eigenvalue weighted by Gasteiger charge is -2.28. The van der Waals surface area contributed by atoms with Gasteiger partial charge in [-0.25, -0.2) is 4.98 Å². The number of nitrogens with zero attached hydrogens (tertiary/aromatic N) is 2. The van der Waals surface area contributed by atoms with Gasteiger partial charge in [0.05, 0.1) is 24.3 Å². The van der Waals surface area contributed by atoms with E-state index in [1.54, 1.807) is 18.2 Å². The molecular formula is C27H25F6N3O3. The average molecular weight is 554 g/mol. The predicted molar refractivity (Wildman–Crippen MR) is 131 cm³/mol. The molecule has 2 aromatic carbocycles. The number of aryl methyl sites for hydroxylation is 1. The summed E-state index contributed by atoms with van der Waals surface area (Å²) in [5.41, 5.74) is -2.14. The molecule has 1 aliphatic rings. The van der Waals surface area contributed by atoms with E-state index in [0.717, 1.165) is 5.56 Å². The second-order valence-corrected chi connectivity index (χ2v) is 8.93. The molecule has 0 radical (unpaired) electrons. The molecule has 208 valence electrons. The van der Waals surface area contributed by atoms with Crippen LogP contribution in [0.25, 0.3) is 0 Å². The smallest absolute Gasteiger partial charge is 0.416 e. The summed E-state index contributed by atoms with van der Waals surface area (Å²) in [5, 5.41) is 2.55. The third-order valence-electron chi connectivity index (χ3n) is 6.09. The highest BCUT2D eigenvalue weighted by atomic mass is 19.4. The molecule has 1 saturated heterocycles. The average Bonchev–Trinajstić information content (AvgIpc) is 2.89. The van der Waals surface area contributed by atoms with Crippen molar-refractivity contribution in [3.8, 4) is 11.5 Å². The number of hydrogen-bond acceptors (Lipinski definition) is 5. The van der Waals surface area contributed by atoms with Crippen LogP contribution in [0.2, 0.25) is 0 Å². The molecule has 6 nitrogen and oxygen atoms in total. The molecular weight excluding hydrogens is 528 g/mol. The number of morpholine rings is 1. The van der Waals surface area contributed by atoms with Crippen molar-refractivity contribution >= 4 is 11.7 Å². The molecule has 0 aliphatic carbocycles. The summed E-state index contributed by atoms with van der Waals surface area (Å²) >= 11 is 0. The Hall–Kier alpha value is -3.80. The summed E-state index contributed by atoms with van der Waals surface area (Å²) in [6, 6.07) is 10.2. The zero-order chi connectivity index (χ0) is 28.2. The van der Waals surface area contributed by atoms with Gasteiger partial charge in [-0.05, 0) is 48.7 Å². The van der Waals surface area contributed by atoms with Crippen molar-refractivity contribution in [1.82, 2.24) is 10.3 Å². The highest BCUT2D eigenvalue weighted by molar-refractivity contribution is 5.97. The van der Waals surface area contributed by atoms with Crippen molar-refractivity contribution < 1.29 is 40.6 Å². The molecule has 1 aliphatic heterocycles. The van der Waals surface area contributed by atoms with E-state index in [1.807, 2.05) is 24.0 Å². The van der Waals surface area contributed by atoms with Crippen molar-refractivity contribution in [2.24, 2.45) is 0 Å². The van der Waals surface area contributed by atoms with Crippen LogP contribution in [-0.2, 0) is 23.5 Å². The molecule has 1 fully saturated rings. The summed E-state index contributed by atoms with van der Waals surface area (Å²) in [6.45, 7) is 3.85. The number of ether oxygens (including phenoxy) is 2. The fourth-order valence-electron chi connectivity index (χ4n) is 4.02. The number of alkyl halides is 6. The highest BCUT2D eigenvalue weighted by Crippen LogP contribution is 2.36. The Morgan fingerprint density at radius 2 is 1.62 bits per heavy atom. The maximum absolute atomic E-state index is 13.2. The zero-order valence-corrected chi connectivity index (χ0v) is 20.8. The van der Waals surface area contributed by atoms with Gasteiger partial charge in [0.25, 0.3) is 5.91 Å². The summed E-state index contributed by atoms with van der Waals surface area (Å²) in [5.74, 6) is 0.649. The van der Waals surface area contributed by atoms with Gasteiger partial charge in [0, 0.05) is 31.9 Å². The van der Waals surface area contributed by atoms with Crippen molar-refractivity contribution in [3.63, 3.8) is 0 Å². The van der Waals surface area contributed by atoms with Crippen molar-refractivity contribution in [2.45, 2.75) is 25.7 Å². The minimum atomic E-state index is -4.95. The maximum Gasteiger partial charge on any atom is 0.416 e. The van der Waals surface area contributed by atoms with E-state index in [4.69, 9.17) is 9.47 Å². The summed E-state index contributed by atoms with van der Waals surface area (Å²) in [7, 11) is 0. The van der Waals surface area contributed by atoms with E-state index in [0.29, 0.717) is 50.0 Å². The number of rotatable bonds is 7. The van der Waals surface area contributed by atoms with Gasteiger partial charge in [-0.3, -0.25) is 4.79 Å². The summed E-state index contributed by atoms with van der Waals surface area (Å²) in [4.78, 5) is 19.4. The number of benzene rings is 2. The number of amides is 1. The molecule has 0 unspecified atom stereocenters. The minimum Gasteiger partial charge on any atom is -0.456 e. The van der Waals surface area contributed by atoms with Gasteiger partial charge in [-0.15, -0.1) is 0 Å². The van der Waals surface area contributed by atoms with E-state index in [9.17, 15) is 31.1 Å². The maximum atomic E-state index is 13.2. The van der Waals surface area contributed by atoms with Crippen molar-refractivity contribution in [1.29, 1.82) is 0 Å². The van der Waals surface area contributed by atoms with Gasteiger partial charge >= 0.3 is 12.4 Å².